The molecule has 0 aromatic rings. The van der Waals surface area contributed by atoms with E-state index in [4.69, 9.17) is 0 Å². The summed E-state index contributed by atoms with van der Waals surface area (Å²) in [7, 11) is 0. The summed E-state index contributed by atoms with van der Waals surface area (Å²) in [6, 6.07) is 0. The molecule has 3 saturated heterocycles. The van der Waals surface area contributed by atoms with E-state index in [0.717, 1.165) is 51.6 Å². The van der Waals surface area contributed by atoms with Crippen LogP contribution >= 0.6 is 0 Å². The van der Waals surface area contributed by atoms with Gasteiger partial charge in [-0.1, -0.05) is 12.8 Å². The second-order valence-electron chi connectivity index (χ2n) is 9.17. The van der Waals surface area contributed by atoms with E-state index in [-0.39, 0.29) is 48.4 Å². The van der Waals surface area contributed by atoms with Crippen LogP contribution in [0.5, 0.6) is 0 Å². The number of imide groups is 1. The normalized spacial score (nSPS) is 28.1. The molecule has 0 N–H and O–H groups in total. The van der Waals surface area contributed by atoms with Gasteiger partial charge in [-0.15, -0.1) is 0 Å². The van der Waals surface area contributed by atoms with Crippen LogP contribution in [0.2, 0.25) is 0 Å². The fourth-order valence-corrected chi connectivity index (χ4v) is 5.41. The van der Waals surface area contributed by atoms with Crippen molar-refractivity contribution in [2.45, 2.75) is 51.4 Å². The van der Waals surface area contributed by atoms with E-state index in [2.05, 4.69) is 4.90 Å². The van der Waals surface area contributed by atoms with E-state index in [9.17, 15) is 19.2 Å². The van der Waals surface area contributed by atoms with Gasteiger partial charge in [0.15, 0.2) is 0 Å². The Balaban J connectivity index is 1.20. The Kier molecular flexibility index (Phi) is 6.71. The van der Waals surface area contributed by atoms with Gasteiger partial charge in [-0.05, 0) is 32.1 Å². The molecule has 8 nitrogen and oxygen atoms in total. The molecular weight excluding hydrogens is 384 g/mol. The minimum atomic E-state index is -0.151. The first kappa shape index (κ1) is 21.3. The highest BCUT2D eigenvalue weighted by Gasteiger charge is 2.47. The molecule has 0 aromatic carbocycles. The lowest BCUT2D eigenvalue weighted by Crippen LogP contribution is -2.52. The number of fused-ring (bicyclic) bond motifs is 1. The third-order valence-electron chi connectivity index (χ3n) is 7.27. The van der Waals surface area contributed by atoms with Crippen LogP contribution in [-0.4, -0.2) is 95.6 Å². The maximum Gasteiger partial charge on any atom is 0.236 e. The maximum absolute atomic E-state index is 12.6. The third-order valence-corrected chi connectivity index (χ3v) is 7.27. The van der Waals surface area contributed by atoms with Crippen molar-refractivity contribution in [2.75, 3.05) is 52.4 Å². The minimum Gasteiger partial charge on any atom is -0.342 e. The van der Waals surface area contributed by atoms with Gasteiger partial charge in [0.05, 0.1) is 18.4 Å². The molecule has 0 spiro atoms. The van der Waals surface area contributed by atoms with Gasteiger partial charge in [-0.3, -0.25) is 29.0 Å². The summed E-state index contributed by atoms with van der Waals surface area (Å²) < 4.78 is 0. The number of likely N-dealkylation sites (tertiary alicyclic amines) is 2. The quantitative estimate of drug-likeness (QED) is 0.614. The number of carbonyl (C=O) groups excluding carboxylic acids is 4. The molecule has 8 heteroatoms. The molecule has 1 saturated carbocycles. The monoisotopic (exact) mass is 418 g/mol. The van der Waals surface area contributed by atoms with E-state index >= 15 is 0 Å². The number of rotatable bonds is 5. The molecule has 4 fully saturated rings. The Morgan fingerprint density at radius 2 is 1.27 bits per heavy atom. The summed E-state index contributed by atoms with van der Waals surface area (Å²) in [6.45, 7) is 4.95. The predicted octanol–water partition coefficient (Wildman–Crippen LogP) is 0.708. The van der Waals surface area contributed by atoms with Gasteiger partial charge in [-0.25, -0.2) is 0 Å². The largest absolute Gasteiger partial charge is 0.342 e. The van der Waals surface area contributed by atoms with Crippen molar-refractivity contribution < 1.29 is 19.2 Å². The summed E-state index contributed by atoms with van der Waals surface area (Å²) >= 11 is 0. The van der Waals surface area contributed by atoms with Gasteiger partial charge in [-0.2, -0.15) is 0 Å². The van der Waals surface area contributed by atoms with E-state index in [1.54, 1.807) is 4.90 Å². The van der Waals surface area contributed by atoms with Gasteiger partial charge in [0, 0.05) is 52.2 Å². The molecular formula is C22H34N4O4. The summed E-state index contributed by atoms with van der Waals surface area (Å²) in [4.78, 5) is 57.4. The SMILES string of the molecule is O=C(CCN1C(=O)C2CCCCC2C1=O)N1CCN(CC(=O)N2CCCCC2)CC1. The number of amides is 4. The molecule has 1 aliphatic carbocycles. The summed E-state index contributed by atoms with van der Waals surface area (Å²) in [6.07, 6.45) is 7.23. The zero-order valence-electron chi connectivity index (χ0n) is 17.9. The van der Waals surface area contributed by atoms with Crippen molar-refractivity contribution in [1.29, 1.82) is 0 Å². The Bertz CT molecular complexity index is 659. The molecule has 30 heavy (non-hydrogen) atoms. The second-order valence-corrected chi connectivity index (χ2v) is 9.17. The molecule has 4 rings (SSSR count). The van der Waals surface area contributed by atoms with Crippen LogP contribution in [-0.2, 0) is 19.2 Å². The topological polar surface area (TPSA) is 81.2 Å². The number of piperidine rings is 1. The van der Waals surface area contributed by atoms with E-state index in [1.165, 1.54) is 11.3 Å². The van der Waals surface area contributed by atoms with Crippen LogP contribution in [0, 0.1) is 11.8 Å². The van der Waals surface area contributed by atoms with Crippen molar-refractivity contribution in [3.8, 4) is 0 Å². The first-order chi connectivity index (χ1) is 14.5. The van der Waals surface area contributed by atoms with Crippen molar-refractivity contribution in [1.82, 2.24) is 19.6 Å². The molecule has 0 aromatic heterocycles. The smallest absolute Gasteiger partial charge is 0.236 e. The van der Waals surface area contributed by atoms with Crippen LogP contribution in [0.25, 0.3) is 0 Å². The van der Waals surface area contributed by atoms with E-state index in [0.29, 0.717) is 32.7 Å². The first-order valence-electron chi connectivity index (χ1n) is 11.7. The molecule has 0 bridgehead atoms. The van der Waals surface area contributed by atoms with Crippen LogP contribution in [0.4, 0.5) is 0 Å². The number of piperazine rings is 1. The molecule has 2 unspecified atom stereocenters. The average Bonchev–Trinajstić information content (AvgIpc) is 3.03. The highest BCUT2D eigenvalue weighted by Crippen LogP contribution is 2.38. The van der Waals surface area contributed by atoms with E-state index in [1.807, 2.05) is 4.90 Å². The summed E-state index contributed by atoms with van der Waals surface area (Å²) in [5, 5.41) is 0. The van der Waals surface area contributed by atoms with Crippen molar-refractivity contribution in [3.63, 3.8) is 0 Å². The van der Waals surface area contributed by atoms with Crippen LogP contribution < -0.4 is 0 Å². The van der Waals surface area contributed by atoms with Gasteiger partial charge in [0.2, 0.25) is 23.6 Å². The molecule has 4 amide bonds. The van der Waals surface area contributed by atoms with Gasteiger partial charge in [0.25, 0.3) is 0 Å². The second kappa shape index (κ2) is 9.45. The van der Waals surface area contributed by atoms with Crippen LogP contribution in [0.3, 0.4) is 0 Å². The van der Waals surface area contributed by atoms with Crippen molar-refractivity contribution in [2.24, 2.45) is 11.8 Å². The predicted molar refractivity (Wildman–Crippen MR) is 110 cm³/mol. The molecule has 0 radical (unpaired) electrons. The Labute approximate surface area is 178 Å². The highest BCUT2D eigenvalue weighted by molar-refractivity contribution is 6.05. The zero-order chi connectivity index (χ0) is 21.1. The number of hydrogen-bond donors (Lipinski definition) is 0. The maximum atomic E-state index is 12.6. The van der Waals surface area contributed by atoms with Gasteiger partial charge in [0.1, 0.15) is 0 Å². The third kappa shape index (κ3) is 4.53. The summed E-state index contributed by atoms with van der Waals surface area (Å²) in [5.74, 6) is -0.253. The van der Waals surface area contributed by atoms with Crippen molar-refractivity contribution >= 4 is 23.6 Å². The Morgan fingerprint density at radius 3 is 1.87 bits per heavy atom. The van der Waals surface area contributed by atoms with E-state index < -0.39 is 0 Å². The van der Waals surface area contributed by atoms with Crippen LogP contribution in [0.1, 0.15) is 51.4 Å². The van der Waals surface area contributed by atoms with Crippen molar-refractivity contribution in [3.05, 3.63) is 0 Å². The number of carbonyl (C=O) groups is 4. The molecule has 166 valence electrons. The lowest BCUT2D eigenvalue weighted by atomic mass is 9.81. The van der Waals surface area contributed by atoms with Gasteiger partial charge >= 0.3 is 0 Å². The Hall–Kier alpha value is -1.96. The Morgan fingerprint density at radius 1 is 0.700 bits per heavy atom. The average molecular weight is 419 g/mol. The van der Waals surface area contributed by atoms with Crippen LogP contribution in [0.15, 0.2) is 0 Å². The first-order valence-corrected chi connectivity index (χ1v) is 11.7. The summed E-state index contributed by atoms with van der Waals surface area (Å²) in [5.41, 5.74) is 0. The fraction of sp³-hybridized carbons (Fsp3) is 0.818. The number of hydrogen-bond acceptors (Lipinski definition) is 5. The lowest BCUT2D eigenvalue weighted by Gasteiger charge is -2.36. The van der Waals surface area contributed by atoms with Gasteiger partial charge < -0.3 is 9.80 Å². The molecule has 4 aliphatic rings. The highest BCUT2D eigenvalue weighted by atomic mass is 16.2. The fourth-order valence-electron chi connectivity index (χ4n) is 5.41. The molecule has 3 heterocycles. The number of nitrogens with zero attached hydrogens (tertiary/aromatic N) is 4. The molecule has 3 aliphatic heterocycles. The standard InChI is InChI=1S/C22H34N4O4/c27-19(8-11-26-21(29)17-6-2-3-7-18(17)22(26)30)25-14-12-23(13-15-25)16-20(28)24-9-4-1-5-10-24/h17-18H,1-16H2. The minimum absolute atomic E-state index is 0.00696. The zero-order valence-corrected chi connectivity index (χ0v) is 17.9. The molecule has 2 atom stereocenters. The lowest BCUT2D eigenvalue weighted by molar-refractivity contribution is -0.141.